The molecule has 0 bridgehead atoms. The zero-order chi connectivity index (χ0) is 7.68. The fourth-order valence-corrected chi connectivity index (χ4v) is 1.23. The van der Waals surface area contributed by atoms with Gasteiger partial charge in [-0.05, 0) is 7.05 Å². The van der Waals surface area contributed by atoms with Crippen LogP contribution < -0.4 is 10.1 Å². The first-order valence-corrected chi connectivity index (χ1v) is 3.74. The van der Waals surface area contributed by atoms with E-state index in [-0.39, 0.29) is 0 Å². The molecule has 1 aliphatic heterocycles. The van der Waals surface area contributed by atoms with E-state index in [4.69, 9.17) is 4.74 Å². The topological polar surface area (TPSA) is 39.1 Å². The first-order valence-electron chi connectivity index (χ1n) is 3.74. The highest BCUT2D eigenvalue weighted by atomic mass is 16.5. The zero-order valence-electron chi connectivity index (χ0n) is 6.50. The van der Waals surface area contributed by atoms with Crippen LogP contribution in [0, 0.1) is 0 Å². The third-order valence-corrected chi connectivity index (χ3v) is 1.70. The molecule has 0 unspecified atom stereocenters. The number of ether oxygens (including phenoxy) is 1. The van der Waals surface area contributed by atoms with Gasteiger partial charge in [-0.3, -0.25) is 0 Å². The highest BCUT2D eigenvalue weighted by molar-refractivity contribution is 5.17. The Kier molecular flexibility index (Phi) is 1.54. The van der Waals surface area contributed by atoms with Crippen LogP contribution in [-0.4, -0.2) is 23.4 Å². The lowest BCUT2D eigenvalue weighted by atomic mass is 10.4. The average molecular weight is 153 g/mol. The molecule has 2 heterocycles. The number of hydrogen-bond donors (Lipinski definition) is 1. The molecule has 4 heteroatoms. The summed E-state index contributed by atoms with van der Waals surface area (Å²) in [5, 5.41) is 7.35. The zero-order valence-corrected chi connectivity index (χ0v) is 6.50. The smallest absolute Gasteiger partial charge is 0.212 e. The molecule has 1 aliphatic rings. The second-order valence-corrected chi connectivity index (χ2v) is 2.58. The predicted molar refractivity (Wildman–Crippen MR) is 40.5 cm³/mol. The van der Waals surface area contributed by atoms with Crippen LogP contribution in [0.2, 0.25) is 0 Å². The molecule has 0 amide bonds. The monoisotopic (exact) mass is 153 g/mol. The van der Waals surface area contributed by atoms with E-state index >= 15 is 0 Å². The Morgan fingerprint density at radius 1 is 1.82 bits per heavy atom. The largest absolute Gasteiger partial charge is 0.476 e. The first-order chi connectivity index (χ1) is 5.40. The Bertz CT molecular complexity index is 235. The molecule has 0 saturated heterocycles. The SMILES string of the molecule is CNCc1cc2n(n1)CCO2. The highest BCUT2D eigenvalue weighted by Crippen LogP contribution is 2.17. The number of fused-ring (bicyclic) bond motifs is 1. The third kappa shape index (κ3) is 1.09. The van der Waals surface area contributed by atoms with Gasteiger partial charge in [-0.2, -0.15) is 5.10 Å². The molecule has 0 fully saturated rings. The molecule has 0 aromatic carbocycles. The summed E-state index contributed by atoms with van der Waals surface area (Å²) < 4.78 is 7.19. The lowest BCUT2D eigenvalue weighted by Gasteiger charge is -1.92. The number of rotatable bonds is 2. The summed E-state index contributed by atoms with van der Waals surface area (Å²) in [4.78, 5) is 0. The van der Waals surface area contributed by atoms with Crippen molar-refractivity contribution >= 4 is 0 Å². The summed E-state index contributed by atoms with van der Waals surface area (Å²) in [5.74, 6) is 0.898. The number of nitrogens with one attached hydrogen (secondary N) is 1. The third-order valence-electron chi connectivity index (χ3n) is 1.70. The Morgan fingerprint density at radius 3 is 3.45 bits per heavy atom. The van der Waals surface area contributed by atoms with Gasteiger partial charge < -0.3 is 10.1 Å². The van der Waals surface area contributed by atoms with Crippen LogP contribution in [0.25, 0.3) is 0 Å². The molecule has 1 aromatic heterocycles. The van der Waals surface area contributed by atoms with Gasteiger partial charge in [0.25, 0.3) is 0 Å². The van der Waals surface area contributed by atoms with Gasteiger partial charge in [0.05, 0.1) is 12.2 Å². The van der Waals surface area contributed by atoms with Crippen molar-refractivity contribution in [3.63, 3.8) is 0 Å². The molecular formula is C7H11N3O. The first kappa shape index (κ1) is 6.67. The normalized spacial score (nSPS) is 14.6. The molecule has 2 rings (SSSR count). The van der Waals surface area contributed by atoms with Crippen LogP contribution in [0.3, 0.4) is 0 Å². The van der Waals surface area contributed by atoms with E-state index in [1.807, 2.05) is 17.8 Å². The van der Waals surface area contributed by atoms with Crippen LogP contribution in [-0.2, 0) is 13.1 Å². The summed E-state index contributed by atoms with van der Waals surface area (Å²) in [7, 11) is 1.91. The summed E-state index contributed by atoms with van der Waals surface area (Å²) in [6.07, 6.45) is 0. The standard InChI is InChI=1S/C7H11N3O/c1-8-5-6-4-7-10(9-6)2-3-11-7/h4,8H,2-3,5H2,1H3. The van der Waals surface area contributed by atoms with Crippen molar-refractivity contribution in [3.8, 4) is 5.88 Å². The van der Waals surface area contributed by atoms with Crippen LogP contribution in [0.15, 0.2) is 6.07 Å². The van der Waals surface area contributed by atoms with E-state index in [1.54, 1.807) is 0 Å². The van der Waals surface area contributed by atoms with Crippen molar-refractivity contribution in [2.24, 2.45) is 0 Å². The maximum absolute atomic E-state index is 5.30. The molecule has 4 nitrogen and oxygen atoms in total. The van der Waals surface area contributed by atoms with Crippen molar-refractivity contribution in [1.29, 1.82) is 0 Å². The van der Waals surface area contributed by atoms with Gasteiger partial charge in [0.2, 0.25) is 5.88 Å². The fraction of sp³-hybridized carbons (Fsp3) is 0.571. The molecule has 60 valence electrons. The maximum Gasteiger partial charge on any atom is 0.212 e. The fourth-order valence-electron chi connectivity index (χ4n) is 1.23. The molecule has 1 N–H and O–H groups in total. The summed E-state index contributed by atoms with van der Waals surface area (Å²) in [6.45, 7) is 2.46. The Morgan fingerprint density at radius 2 is 2.73 bits per heavy atom. The van der Waals surface area contributed by atoms with Crippen LogP contribution >= 0.6 is 0 Å². The van der Waals surface area contributed by atoms with Gasteiger partial charge in [-0.25, -0.2) is 4.68 Å². The Balaban J connectivity index is 2.20. The lowest BCUT2D eigenvalue weighted by Crippen LogP contribution is -2.07. The van der Waals surface area contributed by atoms with E-state index in [1.165, 1.54) is 0 Å². The molecule has 11 heavy (non-hydrogen) atoms. The number of aromatic nitrogens is 2. The van der Waals surface area contributed by atoms with E-state index in [0.717, 1.165) is 31.3 Å². The molecule has 0 spiro atoms. The molecule has 0 saturated carbocycles. The van der Waals surface area contributed by atoms with Crippen molar-refractivity contribution in [1.82, 2.24) is 15.1 Å². The predicted octanol–water partition coefficient (Wildman–Crippen LogP) is -0.00510. The number of hydrogen-bond acceptors (Lipinski definition) is 3. The second-order valence-electron chi connectivity index (χ2n) is 2.58. The molecule has 0 radical (unpaired) electrons. The van der Waals surface area contributed by atoms with Crippen molar-refractivity contribution in [3.05, 3.63) is 11.8 Å². The minimum absolute atomic E-state index is 0.766. The molecular weight excluding hydrogens is 142 g/mol. The Labute approximate surface area is 65.2 Å². The van der Waals surface area contributed by atoms with Gasteiger partial charge >= 0.3 is 0 Å². The summed E-state index contributed by atoms with van der Waals surface area (Å²) in [6, 6.07) is 1.98. The summed E-state index contributed by atoms with van der Waals surface area (Å²) >= 11 is 0. The maximum atomic E-state index is 5.30. The van der Waals surface area contributed by atoms with Gasteiger partial charge in [0, 0.05) is 12.6 Å². The van der Waals surface area contributed by atoms with Gasteiger partial charge in [0.15, 0.2) is 0 Å². The van der Waals surface area contributed by atoms with Crippen molar-refractivity contribution in [2.75, 3.05) is 13.7 Å². The van der Waals surface area contributed by atoms with E-state index in [0.29, 0.717) is 0 Å². The average Bonchev–Trinajstić information content (AvgIpc) is 2.46. The highest BCUT2D eigenvalue weighted by Gasteiger charge is 2.13. The molecule has 1 aromatic rings. The molecule has 0 aliphatic carbocycles. The van der Waals surface area contributed by atoms with E-state index in [9.17, 15) is 0 Å². The van der Waals surface area contributed by atoms with Gasteiger partial charge in [0.1, 0.15) is 6.61 Å². The minimum atomic E-state index is 0.766. The lowest BCUT2D eigenvalue weighted by molar-refractivity contribution is 0.356. The van der Waals surface area contributed by atoms with Crippen molar-refractivity contribution < 1.29 is 4.74 Å². The summed E-state index contributed by atoms with van der Waals surface area (Å²) in [5.41, 5.74) is 1.04. The van der Waals surface area contributed by atoms with Crippen LogP contribution in [0.4, 0.5) is 0 Å². The molecule has 0 atom stereocenters. The van der Waals surface area contributed by atoms with Crippen LogP contribution in [0.1, 0.15) is 5.69 Å². The quantitative estimate of drug-likeness (QED) is 0.649. The van der Waals surface area contributed by atoms with Crippen LogP contribution in [0.5, 0.6) is 5.88 Å². The van der Waals surface area contributed by atoms with Gasteiger partial charge in [-0.15, -0.1) is 0 Å². The minimum Gasteiger partial charge on any atom is -0.476 e. The Hall–Kier alpha value is -1.03. The van der Waals surface area contributed by atoms with Crippen molar-refractivity contribution in [2.45, 2.75) is 13.1 Å². The van der Waals surface area contributed by atoms with E-state index < -0.39 is 0 Å². The van der Waals surface area contributed by atoms with E-state index in [2.05, 4.69) is 10.4 Å². The van der Waals surface area contributed by atoms with Gasteiger partial charge in [-0.1, -0.05) is 0 Å². The second kappa shape index (κ2) is 2.54. The number of nitrogens with zero attached hydrogens (tertiary/aromatic N) is 2.